The quantitative estimate of drug-likeness (QED) is 0.681. The number of ether oxygens (including phenoxy) is 1. The Morgan fingerprint density at radius 3 is 2.93 bits per heavy atom. The zero-order valence-electron chi connectivity index (χ0n) is 9.32. The van der Waals surface area contributed by atoms with Gasteiger partial charge in [0.1, 0.15) is 5.76 Å². The highest BCUT2D eigenvalue weighted by Gasteiger charge is 2.10. The van der Waals surface area contributed by atoms with Crippen molar-refractivity contribution in [3.8, 4) is 0 Å². The molecule has 15 heavy (non-hydrogen) atoms. The summed E-state index contributed by atoms with van der Waals surface area (Å²) in [6.45, 7) is 4.90. The maximum Gasteiger partial charge on any atom is 0.320 e. The van der Waals surface area contributed by atoms with Gasteiger partial charge in [-0.1, -0.05) is 0 Å². The fourth-order valence-electron chi connectivity index (χ4n) is 1.22. The predicted octanol–water partition coefficient (Wildman–Crippen LogP) is 0.978. The Morgan fingerprint density at radius 1 is 1.67 bits per heavy atom. The molecule has 0 radical (unpaired) electrons. The van der Waals surface area contributed by atoms with Crippen LogP contribution in [0.3, 0.4) is 0 Å². The summed E-state index contributed by atoms with van der Waals surface area (Å²) in [5.74, 6) is 0.562. The van der Waals surface area contributed by atoms with Crippen LogP contribution in [-0.2, 0) is 16.1 Å². The number of aryl methyl sites for hydroxylation is 1. The van der Waals surface area contributed by atoms with E-state index >= 15 is 0 Å². The molecule has 0 spiro atoms. The van der Waals surface area contributed by atoms with Crippen molar-refractivity contribution in [2.24, 2.45) is 0 Å². The van der Waals surface area contributed by atoms with Crippen LogP contribution in [0.2, 0.25) is 0 Å². The summed E-state index contributed by atoms with van der Waals surface area (Å²) < 4.78 is 9.90. The number of likely N-dealkylation sites (N-methyl/N-ethyl adjacent to an activating group) is 1. The van der Waals surface area contributed by atoms with Crippen LogP contribution in [-0.4, -0.2) is 36.1 Å². The molecule has 0 aliphatic carbocycles. The van der Waals surface area contributed by atoms with Crippen molar-refractivity contribution in [3.63, 3.8) is 0 Å². The molecule has 0 saturated heterocycles. The molecule has 0 amide bonds. The summed E-state index contributed by atoms with van der Waals surface area (Å²) in [6, 6.07) is 0. The Balaban J connectivity index is 2.39. The number of carbonyl (C=O) groups is 1. The normalized spacial score (nSPS) is 10.7. The lowest BCUT2D eigenvalue weighted by Crippen LogP contribution is -2.27. The minimum Gasteiger partial charge on any atom is -0.465 e. The number of carbonyl (C=O) groups excluding carboxylic acids is 1. The van der Waals surface area contributed by atoms with Crippen LogP contribution < -0.4 is 0 Å². The van der Waals surface area contributed by atoms with E-state index in [1.165, 1.54) is 6.39 Å². The van der Waals surface area contributed by atoms with Crippen molar-refractivity contribution in [1.29, 1.82) is 0 Å². The van der Waals surface area contributed by atoms with Crippen molar-refractivity contribution in [3.05, 3.63) is 17.8 Å². The van der Waals surface area contributed by atoms with Crippen LogP contribution in [0, 0.1) is 6.92 Å². The van der Waals surface area contributed by atoms with Gasteiger partial charge in [-0.2, -0.15) is 0 Å². The number of aromatic nitrogens is 1. The van der Waals surface area contributed by atoms with Crippen LogP contribution in [0.15, 0.2) is 10.8 Å². The van der Waals surface area contributed by atoms with Gasteiger partial charge in [0.15, 0.2) is 6.39 Å². The number of hydrogen-bond acceptors (Lipinski definition) is 5. The lowest BCUT2D eigenvalue weighted by Gasteiger charge is -2.13. The average Bonchev–Trinajstić information content (AvgIpc) is 2.52. The second-order valence-corrected chi connectivity index (χ2v) is 3.33. The van der Waals surface area contributed by atoms with Crippen LogP contribution >= 0.6 is 0 Å². The number of oxazole rings is 1. The smallest absolute Gasteiger partial charge is 0.320 e. The van der Waals surface area contributed by atoms with E-state index in [9.17, 15) is 4.79 Å². The number of hydrogen-bond donors (Lipinski definition) is 0. The van der Waals surface area contributed by atoms with Gasteiger partial charge >= 0.3 is 5.97 Å². The standard InChI is InChI=1S/C10H16N2O3/c1-4-14-10(13)6-12(3)5-9-8(2)15-7-11-9/h7H,4-6H2,1-3H3. The molecule has 1 rings (SSSR count). The van der Waals surface area contributed by atoms with Crippen molar-refractivity contribution < 1.29 is 13.9 Å². The van der Waals surface area contributed by atoms with E-state index in [1.807, 2.05) is 18.9 Å². The van der Waals surface area contributed by atoms with Crippen molar-refractivity contribution >= 4 is 5.97 Å². The first kappa shape index (κ1) is 11.7. The van der Waals surface area contributed by atoms with Gasteiger partial charge in [-0.3, -0.25) is 9.69 Å². The highest BCUT2D eigenvalue weighted by atomic mass is 16.5. The van der Waals surface area contributed by atoms with Crippen LogP contribution in [0.5, 0.6) is 0 Å². The van der Waals surface area contributed by atoms with Gasteiger partial charge in [0.25, 0.3) is 0 Å². The topological polar surface area (TPSA) is 55.6 Å². The SMILES string of the molecule is CCOC(=O)CN(C)Cc1ncoc1C. The van der Waals surface area contributed by atoms with Gasteiger partial charge < -0.3 is 9.15 Å². The third-order valence-electron chi connectivity index (χ3n) is 1.97. The molecule has 0 aliphatic heterocycles. The van der Waals surface area contributed by atoms with Crippen molar-refractivity contribution in [2.75, 3.05) is 20.2 Å². The van der Waals surface area contributed by atoms with Gasteiger partial charge in [-0.15, -0.1) is 0 Å². The summed E-state index contributed by atoms with van der Waals surface area (Å²) in [7, 11) is 1.84. The van der Waals surface area contributed by atoms with E-state index < -0.39 is 0 Å². The van der Waals surface area contributed by atoms with Gasteiger partial charge in [-0.25, -0.2) is 4.98 Å². The molecule has 0 aromatic carbocycles. The first-order valence-electron chi connectivity index (χ1n) is 4.86. The molecule has 5 nitrogen and oxygen atoms in total. The zero-order chi connectivity index (χ0) is 11.3. The first-order valence-corrected chi connectivity index (χ1v) is 4.86. The monoisotopic (exact) mass is 212 g/mol. The number of rotatable bonds is 5. The molecule has 0 unspecified atom stereocenters. The Morgan fingerprint density at radius 2 is 2.40 bits per heavy atom. The number of nitrogens with zero attached hydrogens (tertiary/aromatic N) is 2. The molecular weight excluding hydrogens is 196 g/mol. The van der Waals surface area contributed by atoms with Gasteiger partial charge in [0.05, 0.1) is 18.8 Å². The number of esters is 1. The van der Waals surface area contributed by atoms with Gasteiger partial charge in [0, 0.05) is 6.54 Å². The van der Waals surface area contributed by atoms with E-state index in [4.69, 9.17) is 9.15 Å². The third kappa shape index (κ3) is 3.71. The largest absolute Gasteiger partial charge is 0.465 e. The van der Waals surface area contributed by atoms with Crippen molar-refractivity contribution in [2.45, 2.75) is 20.4 Å². The molecular formula is C10H16N2O3. The zero-order valence-corrected chi connectivity index (χ0v) is 9.32. The Labute approximate surface area is 89.0 Å². The van der Waals surface area contributed by atoms with Gasteiger partial charge in [0.2, 0.25) is 0 Å². The molecule has 1 aromatic rings. The third-order valence-corrected chi connectivity index (χ3v) is 1.97. The van der Waals surface area contributed by atoms with E-state index in [-0.39, 0.29) is 12.5 Å². The second-order valence-electron chi connectivity index (χ2n) is 3.33. The predicted molar refractivity (Wildman–Crippen MR) is 54.2 cm³/mol. The summed E-state index contributed by atoms with van der Waals surface area (Å²) in [4.78, 5) is 17.0. The van der Waals surface area contributed by atoms with Crippen LogP contribution in [0.4, 0.5) is 0 Å². The fourth-order valence-corrected chi connectivity index (χ4v) is 1.22. The lowest BCUT2D eigenvalue weighted by molar-refractivity contribution is -0.144. The molecule has 0 aliphatic rings. The van der Waals surface area contributed by atoms with Crippen LogP contribution in [0.1, 0.15) is 18.4 Å². The lowest BCUT2D eigenvalue weighted by atomic mass is 10.3. The molecule has 0 fully saturated rings. The molecule has 5 heteroatoms. The maximum atomic E-state index is 11.2. The molecule has 1 aromatic heterocycles. The molecule has 84 valence electrons. The fraction of sp³-hybridized carbons (Fsp3) is 0.600. The first-order chi connectivity index (χ1) is 7.13. The Kier molecular flexibility index (Phi) is 4.30. The summed E-state index contributed by atoms with van der Waals surface area (Å²) >= 11 is 0. The molecule has 0 N–H and O–H groups in total. The minimum atomic E-state index is -0.221. The van der Waals surface area contributed by atoms with E-state index in [2.05, 4.69) is 4.98 Å². The van der Waals surface area contributed by atoms with Crippen LogP contribution in [0.25, 0.3) is 0 Å². The molecule has 0 bridgehead atoms. The maximum absolute atomic E-state index is 11.2. The molecule has 1 heterocycles. The highest BCUT2D eigenvalue weighted by molar-refractivity contribution is 5.71. The Hall–Kier alpha value is -1.36. The van der Waals surface area contributed by atoms with E-state index in [0.29, 0.717) is 13.2 Å². The summed E-state index contributed by atoms with van der Waals surface area (Å²) in [5, 5.41) is 0. The minimum absolute atomic E-state index is 0.221. The van der Waals surface area contributed by atoms with Gasteiger partial charge in [-0.05, 0) is 20.9 Å². The van der Waals surface area contributed by atoms with E-state index in [0.717, 1.165) is 11.5 Å². The molecule has 0 saturated carbocycles. The summed E-state index contributed by atoms with van der Waals surface area (Å²) in [6.07, 6.45) is 1.41. The average molecular weight is 212 g/mol. The van der Waals surface area contributed by atoms with E-state index in [1.54, 1.807) is 6.92 Å². The molecule has 0 atom stereocenters. The second kappa shape index (κ2) is 5.50. The highest BCUT2D eigenvalue weighted by Crippen LogP contribution is 2.06. The Bertz CT molecular complexity index is 322. The van der Waals surface area contributed by atoms with Crippen molar-refractivity contribution in [1.82, 2.24) is 9.88 Å². The summed E-state index contributed by atoms with van der Waals surface area (Å²) in [5.41, 5.74) is 0.849.